The van der Waals surface area contributed by atoms with Gasteiger partial charge < -0.3 is 15.0 Å². The van der Waals surface area contributed by atoms with E-state index in [9.17, 15) is 4.79 Å². The highest BCUT2D eigenvalue weighted by Gasteiger charge is 2.33. The van der Waals surface area contributed by atoms with E-state index >= 15 is 0 Å². The van der Waals surface area contributed by atoms with Gasteiger partial charge in [-0.1, -0.05) is 6.07 Å². The van der Waals surface area contributed by atoms with E-state index in [0.717, 1.165) is 39.3 Å². The number of rotatable bonds is 3. The third-order valence-electron chi connectivity index (χ3n) is 4.23. The molecule has 2 atom stereocenters. The first-order chi connectivity index (χ1) is 10.2. The number of ether oxygens (including phenoxy) is 1. The second-order valence-corrected chi connectivity index (χ2v) is 6.72. The fourth-order valence-electron chi connectivity index (χ4n) is 2.96. The van der Waals surface area contributed by atoms with Gasteiger partial charge in [0.1, 0.15) is 6.04 Å². The van der Waals surface area contributed by atoms with Gasteiger partial charge in [-0.25, -0.2) is 0 Å². The van der Waals surface area contributed by atoms with Crippen LogP contribution in [-0.4, -0.2) is 67.2 Å². The van der Waals surface area contributed by atoms with Crippen LogP contribution in [0.15, 0.2) is 17.5 Å². The molecule has 1 N–H and O–H groups in total. The average molecular weight is 309 g/mol. The second-order valence-electron chi connectivity index (χ2n) is 5.69. The van der Waals surface area contributed by atoms with Crippen LogP contribution in [0.1, 0.15) is 11.8 Å². The van der Waals surface area contributed by atoms with E-state index in [-0.39, 0.29) is 18.1 Å². The first kappa shape index (κ1) is 15.0. The molecule has 0 saturated carbocycles. The summed E-state index contributed by atoms with van der Waals surface area (Å²) >= 11 is 1.80. The lowest BCUT2D eigenvalue weighted by Crippen LogP contribution is -2.59. The van der Waals surface area contributed by atoms with Gasteiger partial charge in [-0.05, 0) is 18.4 Å². The predicted molar refractivity (Wildman–Crippen MR) is 83.4 cm³/mol. The van der Waals surface area contributed by atoms with Gasteiger partial charge in [0.2, 0.25) is 5.91 Å². The normalized spacial score (nSPS) is 27.8. The number of hydrogen-bond acceptors (Lipinski definition) is 5. The van der Waals surface area contributed by atoms with E-state index in [1.165, 1.54) is 4.88 Å². The number of nitrogens with one attached hydrogen (secondary N) is 1. The molecule has 0 unspecified atom stereocenters. The van der Waals surface area contributed by atoms with E-state index in [2.05, 4.69) is 27.7 Å². The molecule has 1 amide bonds. The largest absolute Gasteiger partial charge is 0.375 e. The summed E-state index contributed by atoms with van der Waals surface area (Å²) in [5.74, 6) is 0.193. The summed E-state index contributed by atoms with van der Waals surface area (Å²) < 4.78 is 5.57. The molecular weight excluding hydrogens is 286 g/mol. The van der Waals surface area contributed by atoms with Crippen molar-refractivity contribution < 1.29 is 9.53 Å². The van der Waals surface area contributed by atoms with E-state index in [1.807, 2.05) is 11.8 Å². The lowest BCUT2D eigenvalue weighted by atomic mass is 10.1. The predicted octanol–water partition coefficient (Wildman–Crippen LogP) is 0.769. The SMILES string of the molecule is C[C@H]1OCCN[C@@H]1C(=O)N1CCN(Cc2cccs2)CC1. The Morgan fingerprint density at radius 2 is 2.24 bits per heavy atom. The maximum Gasteiger partial charge on any atom is 0.242 e. The summed E-state index contributed by atoms with van der Waals surface area (Å²) in [6.07, 6.45) is -0.0320. The van der Waals surface area contributed by atoms with Crippen LogP contribution in [-0.2, 0) is 16.1 Å². The number of nitrogens with zero attached hydrogens (tertiary/aromatic N) is 2. The zero-order valence-electron chi connectivity index (χ0n) is 12.5. The minimum atomic E-state index is -0.178. The fourth-order valence-corrected chi connectivity index (χ4v) is 3.70. The number of morpholine rings is 1. The van der Waals surface area contributed by atoms with Crippen LogP contribution < -0.4 is 5.32 Å². The highest BCUT2D eigenvalue weighted by atomic mass is 32.1. The van der Waals surface area contributed by atoms with Crippen LogP contribution in [0.3, 0.4) is 0 Å². The zero-order chi connectivity index (χ0) is 14.7. The third kappa shape index (κ3) is 3.63. The Morgan fingerprint density at radius 3 is 2.90 bits per heavy atom. The van der Waals surface area contributed by atoms with E-state index < -0.39 is 0 Å². The molecule has 0 spiro atoms. The van der Waals surface area contributed by atoms with Crippen molar-refractivity contribution in [3.63, 3.8) is 0 Å². The highest BCUT2D eigenvalue weighted by molar-refractivity contribution is 7.09. The minimum absolute atomic E-state index is 0.0320. The van der Waals surface area contributed by atoms with Crippen LogP contribution in [0.2, 0.25) is 0 Å². The summed E-state index contributed by atoms with van der Waals surface area (Å²) in [6.45, 7) is 7.96. The monoisotopic (exact) mass is 309 g/mol. The molecular formula is C15H23N3O2S. The van der Waals surface area contributed by atoms with Gasteiger partial charge in [-0.2, -0.15) is 0 Å². The average Bonchev–Trinajstić information content (AvgIpc) is 3.01. The molecule has 2 aliphatic rings. The van der Waals surface area contributed by atoms with Crippen LogP contribution in [0.25, 0.3) is 0 Å². The van der Waals surface area contributed by atoms with Crippen molar-refractivity contribution in [2.24, 2.45) is 0 Å². The molecule has 1 aromatic heterocycles. The molecule has 0 aliphatic carbocycles. The summed E-state index contributed by atoms with van der Waals surface area (Å²) in [5.41, 5.74) is 0. The fraction of sp³-hybridized carbons (Fsp3) is 0.667. The van der Waals surface area contributed by atoms with E-state index in [4.69, 9.17) is 4.74 Å². The second kappa shape index (κ2) is 6.87. The quantitative estimate of drug-likeness (QED) is 0.896. The number of hydrogen-bond donors (Lipinski definition) is 1. The molecule has 0 aromatic carbocycles. The molecule has 5 nitrogen and oxygen atoms in total. The molecule has 0 radical (unpaired) electrons. The number of carbonyl (C=O) groups excluding carboxylic acids is 1. The van der Waals surface area contributed by atoms with Gasteiger partial charge in [0, 0.05) is 44.1 Å². The third-order valence-corrected chi connectivity index (χ3v) is 5.09. The first-order valence-electron chi connectivity index (χ1n) is 7.62. The molecule has 3 rings (SSSR count). The summed E-state index contributed by atoms with van der Waals surface area (Å²) in [6, 6.07) is 4.09. The molecule has 6 heteroatoms. The van der Waals surface area contributed by atoms with Crippen molar-refractivity contribution in [3.8, 4) is 0 Å². The summed E-state index contributed by atoms with van der Waals surface area (Å²) in [4.78, 5) is 18.3. The number of piperazine rings is 1. The molecule has 3 heterocycles. The first-order valence-corrected chi connectivity index (χ1v) is 8.50. The van der Waals surface area contributed by atoms with Crippen molar-refractivity contribution in [3.05, 3.63) is 22.4 Å². The standard InChI is InChI=1S/C15H23N3O2S/c1-12-14(16-4-9-20-12)15(19)18-7-5-17(6-8-18)11-13-3-2-10-21-13/h2-3,10,12,14,16H,4-9,11H2,1H3/t12-,14+/m1/s1. The smallest absolute Gasteiger partial charge is 0.242 e. The Balaban J connectivity index is 1.49. The van der Waals surface area contributed by atoms with Gasteiger partial charge in [-0.3, -0.25) is 9.69 Å². The van der Waals surface area contributed by atoms with Crippen LogP contribution >= 0.6 is 11.3 Å². The zero-order valence-corrected chi connectivity index (χ0v) is 13.3. The maximum atomic E-state index is 12.6. The minimum Gasteiger partial charge on any atom is -0.375 e. The number of carbonyl (C=O) groups is 1. The summed E-state index contributed by atoms with van der Waals surface area (Å²) in [5, 5.41) is 5.40. The van der Waals surface area contributed by atoms with Crippen molar-refractivity contribution in [2.45, 2.75) is 25.6 Å². The van der Waals surface area contributed by atoms with Crippen LogP contribution in [0.5, 0.6) is 0 Å². The van der Waals surface area contributed by atoms with Gasteiger partial charge >= 0.3 is 0 Å². The molecule has 1 aromatic rings. The Hall–Kier alpha value is -0.950. The number of amides is 1. The lowest BCUT2D eigenvalue weighted by molar-refractivity contribution is -0.141. The molecule has 116 valence electrons. The Kier molecular flexibility index (Phi) is 4.90. The van der Waals surface area contributed by atoms with E-state index in [1.54, 1.807) is 11.3 Å². The highest BCUT2D eigenvalue weighted by Crippen LogP contribution is 2.15. The van der Waals surface area contributed by atoms with Crippen molar-refractivity contribution in [2.75, 3.05) is 39.3 Å². The van der Waals surface area contributed by atoms with Gasteiger partial charge in [0.25, 0.3) is 0 Å². The maximum absolute atomic E-state index is 12.6. The van der Waals surface area contributed by atoms with Crippen LogP contribution in [0.4, 0.5) is 0 Å². The Bertz CT molecular complexity index is 457. The number of thiophene rings is 1. The molecule has 2 fully saturated rings. The Morgan fingerprint density at radius 1 is 1.43 bits per heavy atom. The lowest BCUT2D eigenvalue weighted by Gasteiger charge is -2.38. The molecule has 2 aliphatic heterocycles. The molecule has 2 saturated heterocycles. The van der Waals surface area contributed by atoms with Gasteiger partial charge in [0.05, 0.1) is 12.7 Å². The van der Waals surface area contributed by atoms with Crippen molar-refractivity contribution >= 4 is 17.2 Å². The van der Waals surface area contributed by atoms with Crippen molar-refractivity contribution in [1.29, 1.82) is 0 Å². The molecule has 0 bridgehead atoms. The van der Waals surface area contributed by atoms with E-state index in [0.29, 0.717) is 6.61 Å². The van der Waals surface area contributed by atoms with Crippen molar-refractivity contribution in [1.82, 2.24) is 15.1 Å². The van der Waals surface area contributed by atoms with Gasteiger partial charge in [0.15, 0.2) is 0 Å². The van der Waals surface area contributed by atoms with Gasteiger partial charge in [-0.15, -0.1) is 11.3 Å². The van der Waals surface area contributed by atoms with Crippen LogP contribution in [0, 0.1) is 0 Å². The summed E-state index contributed by atoms with van der Waals surface area (Å²) in [7, 11) is 0. The topological polar surface area (TPSA) is 44.8 Å². The molecule has 21 heavy (non-hydrogen) atoms. The Labute approximate surface area is 129 Å².